The second kappa shape index (κ2) is 6.42. The number of hydrogen-bond acceptors (Lipinski definition) is 1. The van der Waals surface area contributed by atoms with Crippen LogP contribution < -0.4 is 10.1 Å². The van der Waals surface area contributed by atoms with Crippen LogP contribution in [0.1, 0.15) is 18.1 Å². The lowest BCUT2D eigenvalue weighted by Gasteiger charge is -2.13. The van der Waals surface area contributed by atoms with Gasteiger partial charge in [0.15, 0.2) is 0 Å². The average molecular weight is 333 g/mol. The topological polar surface area (TPSA) is 23.3 Å². The summed E-state index contributed by atoms with van der Waals surface area (Å²) in [5, 5.41) is 4.86. The summed E-state index contributed by atoms with van der Waals surface area (Å²) in [5.74, 6) is -0.857. The van der Waals surface area contributed by atoms with Gasteiger partial charge in [0.05, 0.1) is 11.3 Å². The molecule has 0 saturated carbocycles. The van der Waals surface area contributed by atoms with Gasteiger partial charge in [0, 0.05) is 16.3 Å². The molecule has 0 aromatic heterocycles. The maximum Gasteiger partial charge on any atom is 0.132 e. The molecule has 1 radical (unpaired) electrons. The largest absolute Gasteiger partial charge is 0.488 e. The predicted octanol–water partition coefficient (Wildman–Crippen LogP) is 5.06. The van der Waals surface area contributed by atoms with E-state index in [0.717, 1.165) is 17.0 Å². The minimum atomic E-state index is -0.643. The fourth-order valence-electron chi connectivity index (χ4n) is 2.26. The molecule has 1 aliphatic rings. The van der Waals surface area contributed by atoms with Crippen LogP contribution in [0.5, 0.6) is 5.75 Å². The molecular weight excluding hydrogens is 320 g/mol. The van der Waals surface area contributed by atoms with Gasteiger partial charge in [-0.25, -0.2) is 8.78 Å². The van der Waals surface area contributed by atoms with Crippen molar-refractivity contribution < 1.29 is 13.5 Å². The molecule has 1 aliphatic heterocycles. The summed E-state index contributed by atoms with van der Waals surface area (Å²) in [6, 6.07) is 8.81. The fraction of sp³-hybridized carbons (Fsp3) is 0.111. The zero-order valence-electron chi connectivity index (χ0n) is 12.3. The second-order valence-corrected chi connectivity index (χ2v) is 5.54. The number of halogens is 3. The minimum absolute atomic E-state index is 0.120. The van der Waals surface area contributed by atoms with E-state index >= 15 is 0 Å². The van der Waals surface area contributed by atoms with Gasteiger partial charge < -0.3 is 4.74 Å². The second-order valence-electron chi connectivity index (χ2n) is 5.10. The molecule has 2 aromatic carbocycles. The van der Waals surface area contributed by atoms with E-state index in [9.17, 15) is 8.78 Å². The summed E-state index contributed by atoms with van der Waals surface area (Å²) in [6.07, 6.45) is 3.74. The lowest BCUT2D eigenvalue weighted by molar-refractivity contribution is 0.291. The first-order valence-electron chi connectivity index (χ1n) is 7.00. The molecule has 0 atom stereocenters. The van der Waals surface area contributed by atoms with Crippen molar-refractivity contribution >= 4 is 17.3 Å². The Morgan fingerprint density at radius 3 is 2.48 bits per heavy atom. The van der Waals surface area contributed by atoms with Crippen molar-refractivity contribution in [2.45, 2.75) is 13.5 Å². The normalized spacial score (nSPS) is 13.4. The Bertz CT molecular complexity index is 794. The third-order valence-electron chi connectivity index (χ3n) is 3.43. The van der Waals surface area contributed by atoms with E-state index in [-0.39, 0.29) is 12.2 Å². The molecule has 0 fully saturated rings. The number of allylic oxidation sites excluding steroid dienone is 3. The maximum absolute atomic E-state index is 13.7. The summed E-state index contributed by atoms with van der Waals surface area (Å²) < 4.78 is 33.0. The van der Waals surface area contributed by atoms with Crippen molar-refractivity contribution in [1.29, 1.82) is 0 Å². The lowest BCUT2D eigenvalue weighted by atomic mass is 10.1. The minimum Gasteiger partial charge on any atom is -0.488 e. The Kier molecular flexibility index (Phi) is 4.35. The molecule has 0 amide bonds. The summed E-state index contributed by atoms with van der Waals surface area (Å²) >= 11 is 6.01. The Morgan fingerprint density at radius 1 is 1.09 bits per heavy atom. The zero-order chi connectivity index (χ0) is 16.4. The summed E-state index contributed by atoms with van der Waals surface area (Å²) in [5.41, 5.74) is 2.20. The Hall–Kier alpha value is -2.33. The molecule has 2 nitrogen and oxygen atoms in total. The first kappa shape index (κ1) is 15.6. The molecule has 23 heavy (non-hydrogen) atoms. The van der Waals surface area contributed by atoms with Gasteiger partial charge in [-0.2, -0.15) is 0 Å². The van der Waals surface area contributed by atoms with Crippen LogP contribution in [0.2, 0.25) is 5.02 Å². The van der Waals surface area contributed by atoms with E-state index in [0.29, 0.717) is 10.8 Å². The van der Waals surface area contributed by atoms with Gasteiger partial charge in [-0.1, -0.05) is 17.7 Å². The highest BCUT2D eigenvalue weighted by Gasteiger charge is 2.16. The van der Waals surface area contributed by atoms with Crippen LogP contribution in [0.3, 0.4) is 0 Å². The van der Waals surface area contributed by atoms with Crippen molar-refractivity contribution in [3.8, 4) is 5.75 Å². The molecule has 0 aliphatic carbocycles. The van der Waals surface area contributed by atoms with E-state index < -0.39 is 11.6 Å². The van der Waals surface area contributed by atoms with E-state index in [1.54, 1.807) is 18.2 Å². The quantitative estimate of drug-likeness (QED) is 0.767. The van der Waals surface area contributed by atoms with Gasteiger partial charge in [0.25, 0.3) is 0 Å². The Balaban J connectivity index is 1.87. The molecule has 0 saturated heterocycles. The van der Waals surface area contributed by atoms with Gasteiger partial charge in [0.1, 0.15) is 24.0 Å². The van der Waals surface area contributed by atoms with Crippen molar-refractivity contribution in [2.24, 2.45) is 0 Å². The summed E-state index contributed by atoms with van der Waals surface area (Å²) in [6.45, 7) is 1.65. The number of rotatable bonds is 4. The zero-order valence-corrected chi connectivity index (χ0v) is 13.1. The van der Waals surface area contributed by atoms with E-state index in [2.05, 4.69) is 5.32 Å². The smallest absolute Gasteiger partial charge is 0.132 e. The van der Waals surface area contributed by atoms with Crippen molar-refractivity contribution in [3.05, 3.63) is 82.0 Å². The van der Waals surface area contributed by atoms with Crippen LogP contribution in [0, 0.1) is 11.6 Å². The van der Waals surface area contributed by atoms with Gasteiger partial charge in [-0.05, 0) is 49.4 Å². The van der Waals surface area contributed by atoms with E-state index in [1.165, 1.54) is 18.2 Å². The predicted molar refractivity (Wildman–Crippen MR) is 86.0 cm³/mol. The molecule has 3 rings (SSSR count). The van der Waals surface area contributed by atoms with Crippen LogP contribution in [0.25, 0.3) is 5.70 Å². The molecule has 0 N–H and O–H groups in total. The highest BCUT2D eigenvalue weighted by Crippen LogP contribution is 2.32. The standard InChI is InChI=1S/C18H13ClF2NO/c1-11-5-8-17(22-11)13-7-6-12(19)9-18(13)23-10-14-15(20)3-2-4-16(14)21/h2-9H,10H2,1H3. The molecule has 0 unspecified atom stereocenters. The first-order valence-corrected chi connectivity index (χ1v) is 7.38. The van der Waals surface area contributed by atoms with Crippen molar-refractivity contribution in [1.82, 2.24) is 5.32 Å². The Morgan fingerprint density at radius 2 is 1.83 bits per heavy atom. The van der Waals surface area contributed by atoms with Gasteiger partial charge in [-0.15, -0.1) is 0 Å². The van der Waals surface area contributed by atoms with Crippen LogP contribution in [0.15, 0.2) is 54.2 Å². The van der Waals surface area contributed by atoms with Crippen molar-refractivity contribution in [3.63, 3.8) is 0 Å². The van der Waals surface area contributed by atoms with Crippen LogP contribution in [0.4, 0.5) is 8.78 Å². The molecule has 0 spiro atoms. The SMILES string of the molecule is CC1=CC=C(c2ccc(Cl)cc2OCc2c(F)cccc2F)[N]1. The van der Waals surface area contributed by atoms with E-state index in [1.807, 2.05) is 19.1 Å². The van der Waals surface area contributed by atoms with Gasteiger partial charge in [-0.3, -0.25) is 5.32 Å². The highest BCUT2D eigenvalue weighted by molar-refractivity contribution is 6.30. The third-order valence-corrected chi connectivity index (χ3v) is 3.67. The Labute approximate surface area is 138 Å². The monoisotopic (exact) mass is 332 g/mol. The number of nitrogens with zero attached hydrogens (tertiary/aromatic N) is 1. The summed E-state index contributed by atoms with van der Waals surface area (Å²) in [7, 11) is 0. The maximum atomic E-state index is 13.7. The summed E-state index contributed by atoms with van der Waals surface area (Å²) in [4.78, 5) is 0. The fourth-order valence-corrected chi connectivity index (χ4v) is 2.42. The lowest BCUT2D eigenvalue weighted by Crippen LogP contribution is -2.05. The highest BCUT2D eigenvalue weighted by atomic mass is 35.5. The van der Waals surface area contributed by atoms with Gasteiger partial charge in [0.2, 0.25) is 0 Å². The third kappa shape index (κ3) is 3.37. The molecule has 117 valence electrons. The number of hydrogen-bond donors (Lipinski definition) is 0. The number of benzene rings is 2. The molecule has 1 heterocycles. The molecular formula is C18H13ClF2NO. The molecule has 0 bridgehead atoms. The number of ether oxygens (including phenoxy) is 1. The molecule has 5 heteroatoms. The molecule has 2 aromatic rings. The first-order chi connectivity index (χ1) is 11.0. The van der Waals surface area contributed by atoms with Crippen LogP contribution >= 0.6 is 11.6 Å². The van der Waals surface area contributed by atoms with Crippen molar-refractivity contribution in [2.75, 3.05) is 0 Å². The average Bonchev–Trinajstić information content (AvgIpc) is 2.93. The van der Waals surface area contributed by atoms with Crippen LogP contribution in [-0.4, -0.2) is 0 Å². The van der Waals surface area contributed by atoms with Crippen LogP contribution in [-0.2, 0) is 6.61 Å². The van der Waals surface area contributed by atoms with E-state index in [4.69, 9.17) is 16.3 Å². The van der Waals surface area contributed by atoms with Gasteiger partial charge >= 0.3 is 0 Å².